The van der Waals surface area contributed by atoms with E-state index < -0.39 is 0 Å². The lowest BCUT2D eigenvalue weighted by Gasteiger charge is -2.10. The molecule has 0 fully saturated rings. The summed E-state index contributed by atoms with van der Waals surface area (Å²) in [4.78, 5) is 12.7. The number of hydrogen-bond donors (Lipinski definition) is 2. The van der Waals surface area contributed by atoms with Gasteiger partial charge in [0.05, 0.1) is 5.69 Å². The zero-order valence-corrected chi connectivity index (χ0v) is 16.0. The van der Waals surface area contributed by atoms with E-state index in [9.17, 15) is 4.79 Å². The van der Waals surface area contributed by atoms with E-state index in [4.69, 9.17) is 12.2 Å². The third-order valence-corrected chi connectivity index (χ3v) is 4.26. The fraction of sp³-hybridized carbons (Fsp3) is 0.263. The number of carbonyl (C=O) groups is 1. The standard InChI is InChI=1S/C19H21N5OS/c1-11(2)14-5-7-15(8-6-14)24-22-17-9-12(3)16(10-18(17)23-24)21-19(26)20-13(4)25/h5-11H,1-4H3,(H2,20,21,25,26). The Hall–Kier alpha value is -2.80. The van der Waals surface area contributed by atoms with Crippen molar-refractivity contribution in [1.29, 1.82) is 0 Å². The van der Waals surface area contributed by atoms with Gasteiger partial charge in [-0.25, -0.2) is 0 Å². The summed E-state index contributed by atoms with van der Waals surface area (Å²) in [5.74, 6) is 0.273. The van der Waals surface area contributed by atoms with Crippen molar-refractivity contribution < 1.29 is 4.79 Å². The lowest BCUT2D eigenvalue weighted by atomic mass is 10.0. The van der Waals surface area contributed by atoms with Crippen molar-refractivity contribution >= 4 is 40.0 Å². The molecule has 3 aromatic rings. The molecule has 0 spiro atoms. The van der Waals surface area contributed by atoms with Gasteiger partial charge in [0, 0.05) is 12.6 Å². The molecule has 0 aliphatic heterocycles. The predicted octanol–water partition coefficient (Wildman–Crippen LogP) is 3.69. The van der Waals surface area contributed by atoms with Crippen molar-refractivity contribution in [2.24, 2.45) is 0 Å². The molecule has 2 aromatic carbocycles. The lowest BCUT2D eigenvalue weighted by Crippen LogP contribution is -2.32. The van der Waals surface area contributed by atoms with Gasteiger partial charge in [-0.3, -0.25) is 4.79 Å². The molecule has 1 amide bonds. The van der Waals surface area contributed by atoms with Gasteiger partial charge < -0.3 is 10.6 Å². The largest absolute Gasteiger partial charge is 0.332 e. The molecule has 0 aliphatic rings. The number of anilines is 1. The van der Waals surface area contributed by atoms with Gasteiger partial charge in [0.25, 0.3) is 0 Å². The number of nitrogens with one attached hydrogen (secondary N) is 2. The quantitative estimate of drug-likeness (QED) is 0.691. The first-order valence-electron chi connectivity index (χ1n) is 8.40. The number of rotatable bonds is 3. The topological polar surface area (TPSA) is 71.8 Å². The van der Waals surface area contributed by atoms with E-state index in [1.807, 2.05) is 31.2 Å². The number of thiocarbonyl (C=S) groups is 1. The SMILES string of the molecule is CC(=O)NC(=S)Nc1cc2nn(-c3ccc(C(C)C)cc3)nc2cc1C. The Morgan fingerprint density at radius 1 is 1.12 bits per heavy atom. The van der Waals surface area contributed by atoms with Crippen LogP contribution in [0.25, 0.3) is 16.7 Å². The smallest absolute Gasteiger partial charge is 0.222 e. The number of carbonyl (C=O) groups excluding carboxylic acids is 1. The molecule has 3 rings (SSSR count). The molecule has 0 saturated heterocycles. The van der Waals surface area contributed by atoms with Crippen molar-refractivity contribution in [2.45, 2.75) is 33.6 Å². The minimum absolute atomic E-state index is 0.211. The van der Waals surface area contributed by atoms with Crippen LogP contribution in [0.5, 0.6) is 0 Å². The first kappa shape index (κ1) is 18.0. The molecule has 0 saturated carbocycles. The van der Waals surface area contributed by atoms with E-state index in [2.05, 4.69) is 46.8 Å². The van der Waals surface area contributed by atoms with Crippen molar-refractivity contribution in [3.8, 4) is 5.69 Å². The van der Waals surface area contributed by atoms with E-state index in [-0.39, 0.29) is 11.0 Å². The Morgan fingerprint density at radius 3 is 2.31 bits per heavy atom. The highest BCUT2D eigenvalue weighted by Crippen LogP contribution is 2.23. The number of aromatic nitrogens is 3. The van der Waals surface area contributed by atoms with Gasteiger partial charge in [0.1, 0.15) is 11.0 Å². The van der Waals surface area contributed by atoms with Crippen LogP contribution in [-0.4, -0.2) is 26.0 Å². The lowest BCUT2D eigenvalue weighted by molar-refractivity contribution is -0.117. The van der Waals surface area contributed by atoms with Crippen LogP contribution in [0.15, 0.2) is 36.4 Å². The van der Waals surface area contributed by atoms with E-state index in [1.165, 1.54) is 12.5 Å². The zero-order chi connectivity index (χ0) is 18.8. The maximum Gasteiger partial charge on any atom is 0.222 e. The van der Waals surface area contributed by atoms with Crippen molar-refractivity contribution in [2.75, 3.05) is 5.32 Å². The van der Waals surface area contributed by atoms with Gasteiger partial charge in [-0.2, -0.15) is 4.80 Å². The monoisotopic (exact) mass is 367 g/mol. The second-order valence-electron chi connectivity index (χ2n) is 6.53. The summed E-state index contributed by atoms with van der Waals surface area (Å²) < 4.78 is 0. The normalized spacial score (nSPS) is 11.0. The summed E-state index contributed by atoms with van der Waals surface area (Å²) in [6, 6.07) is 12.1. The van der Waals surface area contributed by atoms with Crippen LogP contribution < -0.4 is 10.6 Å². The molecule has 7 heteroatoms. The molecule has 0 radical (unpaired) electrons. The zero-order valence-electron chi connectivity index (χ0n) is 15.2. The maximum atomic E-state index is 11.1. The third-order valence-electron chi connectivity index (χ3n) is 4.05. The van der Waals surface area contributed by atoms with Crippen LogP contribution in [0, 0.1) is 6.92 Å². The van der Waals surface area contributed by atoms with Gasteiger partial charge in [-0.1, -0.05) is 26.0 Å². The van der Waals surface area contributed by atoms with Crippen molar-refractivity contribution in [1.82, 2.24) is 20.3 Å². The predicted molar refractivity (Wildman–Crippen MR) is 108 cm³/mol. The summed E-state index contributed by atoms with van der Waals surface area (Å²) >= 11 is 5.13. The van der Waals surface area contributed by atoms with Gasteiger partial charge in [0.2, 0.25) is 5.91 Å². The highest BCUT2D eigenvalue weighted by molar-refractivity contribution is 7.80. The Balaban J connectivity index is 1.91. The fourth-order valence-electron chi connectivity index (χ4n) is 2.62. The number of aryl methyl sites for hydroxylation is 1. The molecule has 6 nitrogen and oxygen atoms in total. The molecule has 0 aliphatic carbocycles. The number of amides is 1. The Bertz CT molecular complexity index is 976. The number of fused-ring (bicyclic) bond motifs is 1. The van der Waals surface area contributed by atoms with E-state index in [0.29, 0.717) is 5.92 Å². The molecule has 1 heterocycles. The van der Waals surface area contributed by atoms with Crippen LogP contribution in [0.1, 0.15) is 37.8 Å². The summed E-state index contributed by atoms with van der Waals surface area (Å²) in [7, 11) is 0. The molecule has 0 unspecified atom stereocenters. The Morgan fingerprint density at radius 2 is 1.73 bits per heavy atom. The van der Waals surface area contributed by atoms with Crippen LogP contribution in [-0.2, 0) is 4.79 Å². The average molecular weight is 367 g/mol. The van der Waals surface area contributed by atoms with Gasteiger partial charge in [-0.15, -0.1) is 10.2 Å². The average Bonchev–Trinajstić information content (AvgIpc) is 2.97. The maximum absolute atomic E-state index is 11.1. The molecule has 26 heavy (non-hydrogen) atoms. The van der Waals surface area contributed by atoms with Crippen LogP contribution in [0.2, 0.25) is 0 Å². The van der Waals surface area contributed by atoms with Gasteiger partial charge in [-0.05, 0) is 60.5 Å². The van der Waals surface area contributed by atoms with E-state index in [0.717, 1.165) is 28.0 Å². The molecule has 0 atom stereocenters. The number of hydrogen-bond acceptors (Lipinski definition) is 4. The molecular formula is C19H21N5OS. The highest BCUT2D eigenvalue weighted by Gasteiger charge is 2.10. The fourth-order valence-corrected chi connectivity index (χ4v) is 2.88. The van der Waals surface area contributed by atoms with E-state index in [1.54, 1.807) is 4.80 Å². The second kappa shape index (κ2) is 7.21. The summed E-state index contributed by atoms with van der Waals surface area (Å²) in [6.07, 6.45) is 0. The van der Waals surface area contributed by atoms with Gasteiger partial charge in [0.15, 0.2) is 5.11 Å². The number of nitrogens with zero attached hydrogens (tertiary/aromatic N) is 3. The molecular weight excluding hydrogens is 346 g/mol. The van der Waals surface area contributed by atoms with Gasteiger partial charge >= 0.3 is 0 Å². The summed E-state index contributed by atoms with van der Waals surface area (Å²) in [5.41, 5.74) is 5.49. The van der Waals surface area contributed by atoms with Crippen LogP contribution in [0.4, 0.5) is 5.69 Å². The van der Waals surface area contributed by atoms with Crippen molar-refractivity contribution in [3.05, 3.63) is 47.5 Å². The third kappa shape index (κ3) is 3.88. The van der Waals surface area contributed by atoms with E-state index >= 15 is 0 Å². The second-order valence-corrected chi connectivity index (χ2v) is 6.94. The minimum Gasteiger partial charge on any atom is -0.332 e. The Kier molecular flexibility index (Phi) is 4.99. The molecule has 0 bridgehead atoms. The van der Waals surface area contributed by atoms with Crippen LogP contribution >= 0.6 is 12.2 Å². The first-order chi connectivity index (χ1) is 12.3. The molecule has 1 aromatic heterocycles. The Labute approximate surface area is 157 Å². The van der Waals surface area contributed by atoms with Crippen molar-refractivity contribution in [3.63, 3.8) is 0 Å². The van der Waals surface area contributed by atoms with Crippen LogP contribution in [0.3, 0.4) is 0 Å². The summed E-state index contributed by atoms with van der Waals surface area (Å²) in [6.45, 7) is 7.70. The number of benzene rings is 2. The highest BCUT2D eigenvalue weighted by atomic mass is 32.1. The summed E-state index contributed by atoms with van der Waals surface area (Å²) in [5, 5.41) is 15.0. The first-order valence-corrected chi connectivity index (χ1v) is 8.81. The molecule has 2 N–H and O–H groups in total. The minimum atomic E-state index is -0.211. The molecule has 134 valence electrons.